The Morgan fingerprint density at radius 2 is 0.887 bits per heavy atom. The van der Waals surface area contributed by atoms with Crippen LogP contribution in [0.2, 0.25) is 10.0 Å². The van der Waals surface area contributed by atoms with E-state index in [0.717, 1.165) is 86.0 Å². The summed E-state index contributed by atoms with van der Waals surface area (Å²) < 4.78 is 14.0. The Labute approximate surface area is 491 Å². The quantitative estimate of drug-likeness (QED) is 0.0249. The topological polar surface area (TPSA) is 148 Å². The van der Waals surface area contributed by atoms with Gasteiger partial charge in [0.1, 0.15) is 5.82 Å². The Kier molecular flexibility index (Phi) is 33.4. The van der Waals surface area contributed by atoms with Gasteiger partial charge in [0.25, 0.3) is 0 Å². The van der Waals surface area contributed by atoms with Gasteiger partial charge in [-0.15, -0.1) is 0 Å². The molecule has 9 nitrogen and oxygen atoms in total. The summed E-state index contributed by atoms with van der Waals surface area (Å²) in [4.78, 5) is 31.8. The number of rotatable bonds is 27. The Morgan fingerprint density at radius 3 is 1.29 bits per heavy atom. The molecule has 6 N–H and O–H groups in total. The number of unbranched alkanes of at least 4 members (excludes halogenated alkanes) is 3. The number of aryl methyl sites for hydroxylation is 5. The van der Waals surface area contributed by atoms with E-state index >= 15 is 0 Å². The number of aliphatic carboxylic acids is 3. The molecule has 0 aliphatic heterocycles. The molecular weight excluding hydrogens is 1040 g/mol. The van der Waals surface area contributed by atoms with E-state index in [0.29, 0.717) is 48.5 Å². The third kappa shape index (κ3) is 27.6. The van der Waals surface area contributed by atoms with Crippen LogP contribution in [0.1, 0.15) is 199 Å². The standard InChI is InChI=1S/2C23H34ClNO2.C22H32FNO2/c1-17-13-21(24)14-18(2)22(17)16-25-15-20-11-7-3-5-9-19(20)10-6-4-8-12-23(26)27;1-17-13-18(2)21(22(24)14-17)16-25-15-20-11-7-3-5-9-19(20)10-6-4-8-12-23(26)27;1-17-12-13-20(21(23)14-17)16-24-15-19-10-6-2-4-8-18(19)9-5-3-7-11-22(25)26/h2*6,10,13-14,19-20,25H,3-5,7-9,11-12,15-16H2,1-2H3,(H,26,27);5,9,12-14,18-19,24H,2-4,6-8,10-11,15-16H2,1H3,(H,25,26)/b2*10-6-;9-5-/t2*19-,20-;18-,19-/m111/s1. The zero-order chi connectivity index (χ0) is 58.1. The predicted octanol–water partition coefficient (Wildman–Crippen LogP) is 17.3. The van der Waals surface area contributed by atoms with E-state index in [9.17, 15) is 18.8 Å². The van der Waals surface area contributed by atoms with Crippen molar-refractivity contribution in [2.24, 2.45) is 35.5 Å². The minimum atomic E-state index is -0.724. The number of benzene rings is 3. The number of nitrogens with one attached hydrogen (secondary N) is 3. The number of carboxylic acids is 3. The SMILES string of the molecule is Cc1cc(C)c(CNC[C@H]2CCCCC[C@@H]2/C=C\CCCC(=O)O)c(Cl)c1.Cc1cc(Cl)cc(C)c1CNC[C@H]1CCCCC[C@@H]1/C=C\CCCC(=O)O.Cc1ccc(CNC[C@H]2CCCCC[C@@H]2/C=C\CCCC(=O)O)c(F)c1. The van der Waals surface area contributed by atoms with Crippen molar-refractivity contribution in [1.82, 2.24) is 16.0 Å². The van der Waals surface area contributed by atoms with Gasteiger partial charge in [0.15, 0.2) is 0 Å². The van der Waals surface area contributed by atoms with Gasteiger partial charge in [-0.25, -0.2) is 4.39 Å². The lowest BCUT2D eigenvalue weighted by Gasteiger charge is -2.23. The van der Waals surface area contributed by atoms with Gasteiger partial charge in [0.2, 0.25) is 0 Å². The lowest BCUT2D eigenvalue weighted by molar-refractivity contribution is -0.138. The van der Waals surface area contributed by atoms with E-state index in [2.05, 4.69) is 86.2 Å². The zero-order valence-electron chi connectivity index (χ0n) is 49.4. The molecule has 0 unspecified atom stereocenters. The second-order valence-electron chi connectivity index (χ2n) is 23.4. The van der Waals surface area contributed by atoms with E-state index in [1.165, 1.54) is 130 Å². The van der Waals surface area contributed by atoms with Crippen LogP contribution >= 0.6 is 23.2 Å². The number of hydrogen-bond donors (Lipinski definition) is 6. The minimum absolute atomic E-state index is 0.131. The Balaban J connectivity index is 0.000000258. The van der Waals surface area contributed by atoms with Crippen LogP contribution in [-0.2, 0) is 34.0 Å². The van der Waals surface area contributed by atoms with Gasteiger partial charge in [-0.2, -0.15) is 0 Å². The van der Waals surface area contributed by atoms with Gasteiger partial charge in [-0.1, -0.05) is 136 Å². The number of carbonyl (C=O) groups is 3. The van der Waals surface area contributed by atoms with Crippen molar-refractivity contribution in [3.05, 3.63) is 139 Å². The third-order valence-electron chi connectivity index (χ3n) is 16.7. The molecule has 3 saturated carbocycles. The van der Waals surface area contributed by atoms with E-state index in [-0.39, 0.29) is 25.1 Å². The smallest absolute Gasteiger partial charge is 0.303 e. The van der Waals surface area contributed by atoms with Crippen molar-refractivity contribution < 1.29 is 34.1 Å². The van der Waals surface area contributed by atoms with Crippen LogP contribution < -0.4 is 16.0 Å². The van der Waals surface area contributed by atoms with E-state index < -0.39 is 17.9 Å². The van der Waals surface area contributed by atoms with Gasteiger partial charge in [-0.3, -0.25) is 14.4 Å². The molecule has 3 aromatic rings. The average Bonchev–Trinajstić information content (AvgIpc) is 3.88. The highest BCUT2D eigenvalue weighted by Gasteiger charge is 2.24. The minimum Gasteiger partial charge on any atom is -0.481 e. The number of hydrogen-bond acceptors (Lipinski definition) is 6. The molecule has 3 aromatic carbocycles. The lowest BCUT2D eigenvalue weighted by Crippen LogP contribution is -2.27. The summed E-state index contributed by atoms with van der Waals surface area (Å²) in [6.07, 6.45) is 38.2. The fourth-order valence-corrected chi connectivity index (χ4v) is 12.7. The van der Waals surface area contributed by atoms with Crippen molar-refractivity contribution >= 4 is 41.1 Å². The number of carboxylic acid groups (broad SMARTS) is 3. The van der Waals surface area contributed by atoms with Crippen molar-refractivity contribution in [1.29, 1.82) is 0 Å². The molecule has 0 bridgehead atoms. The van der Waals surface area contributed by atoms with Crippen LogP contribution in [0.3, 0.4) is 0 Å². The molecule has 6 atom stereocenters. The van der Waals surface area contributed by atoms with Crippen molar-refractivity contribution in [3.8, 4) is 0 Å². The maximum Gasteiger partial charge on any atom is 0.303 e. The zero-order valence-corrected chi connectivity index (χ0v) is 50.9. The first-order chi connectivity index (χ1) is 38.5. The highest BCUT2D eigenvalue weighted by atomic mass is 35.5. The summed E-state index contributed by atoms with van der Waals surface area (Å²) >= 11 is 12.6. The molecule has 0 spiro atoms. The van der Waals surface area contributed by atoms with Crippen LogP contribution in [0.15, 0.2) is 78.9 Å². The third-order valence-corrected chi connectivity index (χ3v) is 17.2. The second kappa shape index (κ2) is 39.2. The summed E-state index contributed by atoms with van der Waals surface area (Å²) in [6, 6.07) is 13.7. The van der Waals surface area contributed by atoms with E-state index in [1.807, 2.05) is 37.3 Å². The first kappa shape index (κ1) is 68.2. The van der Waals surface area contributed by atoms with Crippen LogP contribution in [0, 0.1) is 75.9 Å². The van der Waals surface area contributed by atoms with Crippen LogP contribution in [0.4, 0.5) is 4.39 Å². The van der Waals surface area contributed by atoms with Gasteiger partial charge >= 0.3 is 17.9 Å². The highest BCUT2D eigenvalue weighted by Crippen LogP contribution is 2.33. The maximum atomic E-state index is 14.0. The molecule has 3 aliphatic carbocycles. The molecule has 80 heavy (non-hydrogen) atoms. The Bertz CT molecular complexity index is 2250. The normalized spacial score (nSPS) is 20.8. The molecule has 3 fully saturated rings. The molecule has 0 saturated heterocycles. The second-order valence-corrected chi connectivity index (χ2v) is 24.2. The van der Waals surface area contributed by atoms with Gasteiger partial charge in [0.05, 0.1) is 0 Å². The van der Waals surface area contributed by atoms with Gasteiger partial charge < -0.3 is 31.3 Å². The molecule has 6 rings (SSSR count). The lowest BCUT2D eigenvalue weighted by atomic mass is 9.87. The van der Waals surface area contributed by atoms with E-state index in [1.54, 1.807) is 6.07 Å². The first-order valence-corrected chi connectivity index (χ1v) is 31.3. The number of halogens is 3. The van der Waals surface area contributed by atoms with Gasteiger partial charge in [-0.05, 0) is 230 Å². The summed E-state index contributed by atoms with van der Waals surface area (Å²) in [6.45, 7) is 15.6. The van der Waals surface area contributed by atoms with Gasteiger partial charge in [0, 0.05) is 54.5 Å². The molecule has 0 amide bonds. The summed E-state index contributed by atoms with van der Waals surface area (Å²) in [5.41, 5.74) is 9.20. The molecule has 0 heterocycles. The maximum absolute atomic E-state index is 14.0. The fraction of sp³-hybridized carbons (Fsp3) is 0.603. The predicted molar refractivity (Wildman–Crippen MR) is 330 cm³/mol. The molecule has 12 heteroatoms. The monoisotopic (exact) mass is 1140 g/mol. The average molecular weight is 1150 g/mol. The summed E-state index contributed by atoms with van der Waals surface area (Å²) in [5, 5.41) is 38.7. The molecule has 0 aromatic heterocycles. The summed E-state index contributed by atoms with van der Waals surface area (Å²) in [7, 11) is 0. The highest BCUT2D eigenvalue weighted by molar-refractivity contribution is 6.31. The number of allylic oxidation sites excluding steroid dienone is 6. The molecular formula is C68H100Cl2FN3O6. The van der Waals surface area contributed by atoms with Crippen molar-refractivity contribution in [3.63, 3.8) is 0 Å². The van der Waals surface area contributed by atoms with Crippen LogP contribution in [0.5, 0.6) is 0 Å². The van der Waals surface area contributed by atoms with E-state index in [4.69, 9.17) is 38.5 Å². The van der Waals surface area contributed by atoms with Crippen LogP contribution in [0.25, 0.3) is 0 Å². The summed E-state index contributed by atoms with van der Waals surface area (Å²) in [5.74, 6) is 1.37. The van der Waals surface area contributed by atoms with Crippen molar-refractivity contribution in [2.75, 3.05) is 19.6 Å². The first-order valence-electron chi connectivity index (χ1n) is 30.5. The Hall–Kier alpha value is -4.32. The largest absolute Gasteiger partial charge is 0.481 e. The van der Waals surface area contributed by atoms with Crippen LogP contribution in [-0.4, -0.2) is 52.9 Å². The van der Waals surface area contributed by atoms with Crippen molar-refractivity contribution in [2.45, 2.75) is 208 Å². The fourth-order valence-electron chi connectivity index (χ4n) is 12.0. The Morgan fingerprint density at radius 1 is 0.500 bits per heavy atom. The molecule has 444 valence electrons. The molecule has 3 aliphatic rings. The molecule has 0 radical (unpaired) electrons.